The van der Waals surface area contributed by atoms with Gasteiger partial charge in [0, 0.05) is 24.3 Å². The summed E-state index contributed by atoms with van der Waals surface area (Å²) in [7, 11) is 0. The van der Waals surface area contributed by atoms with Crippen molar-refractivity contribution in [3.05, 3.63) is 27.7 Å². The lowest BCUT2D eigenvalue weighted by Gasteiger charge is -2.31. The molecule has 0 aromatic carbocycles. The van der Waals surface area contributed by atoms with Crippen LogP contribution in [0, 0.1) is 0 Å². The van der Waals surface area contributed by atoms with Crippen molar-refractivity contribution < 1.29 is 9.53 Å². The Kier molecular flexibility index (Phi) is 5.25. The predicted molar refractivity (Wildman–Crippen MR) is 90.9 cm³/mol. The van der Waals surface area contributed by atoms with E-state index in [1.165, 1.54) is 0 Å². The molecule has 1 amide bonds. The van der Waals surface area contributed by atoms with Gasteiger partial charge >= 0.3 is 0 Å². The smallest absolute Gasteiger partial charge is 0.228 e. The van der Waals surface area contributed by atoms with E-state index in [4.69, 9.17) is 4.74 Å². The minimum Gasteiger partial charge on any atom is -0.366 e. The number of ether oxygens (including phenoxy) is 1. The van der Waals surface area contributed by atoms with Gasteiger partial charge in [0.05, 0.1) is 30.3 Å². The third-order valence-corrected chi connectivity index (χ3v) is 5.18. The fourth-order valence-corrected chi connectivity index (χ4v) is 3.41. The van der Waals surface area contributed by atoms with E-state index >= 15 is 0 Å². The van der Waals surface area contributed by atoms with E-state index in [-0.39, 0.29) is 12.0 Å². The highest BCUT2D eigenvalue weighted by atomic mass is 32.1. The van der Waals surface area contributed by atoms with Crippen molar-refractivity contribution in [1.82, 2.24) is 25.1 Å². The lowest BCUT2D eigenvalue weighted by Crippen LogP contribution is -2.43. The number of aromatic amines is 1. The number of hydrogen-bond donors (Lipinski definition) is 1. The van der Waals surface area contributed by atoms with Crippen molar-refractivity contribution in [2.75, 3.05) is 19.7 Å². The average molecular weight is 349 g/mol. The molecule has 24 heavy (non-hydrogen) atoms. The molecule has 1 atom stereocenters. The maximum Gasteiger partial charge on any atom is 0.228 e. The normalized spacial score (nSPS) is 18.3. The molecular weight excluding hydrogens is 326 g/mol. The molecule has 0 aliphatic carbocycles. The van der Waals surface area contributed by atoms with Crippen LogP contribution in [0.5, 0.6) is 0 Å². The maximum absolute atomic E-state index is 12.6. The highest BCUT2D eigenvalue weighted by Gasteiger charge is 2.28. The third kappa shape index (κ3) is 3.81. The minimum absolute atomic E-state index is 0.0788. The fourth-order valence-electron chi connectivity index (χ4n) is 2.58. The number of nitrogens with one attached hydrogen (secondary N) is 1. The Balaban J connectivity index is 1.62. The molecule has 3 rings (SSSR count). The van der Waals surface area contributed by atoms with Gasteiger partial charge in [-0.05, 0) is 0 Å². The molecule has 1 fully saturated rings. The fraction of sp³-hybridized carbons (Fsp3) is 0.625. The summed E-state index contributed by atoms with van der Waals surface area (Å²) in [6.45, 7) is 7.82. The molecular formula is C16H23N5O2S. The van der Waals surface area contributed by atoms with Crippen molar-refractivity contribution in [3.63, 3.8) is 0 Å². The summed E-state index contributed by atoms with van der Waals surface area (Å²) in [5.74, 6) is 1.93. The Bertz CT molecular complexity index is 696. The van der Waals surface area contributed by atoms with Crippen LogP contribution >= 0.6 is 11.3 Å². The molecule has 1 saturated heterocycles. The standard InChI is InChI=1S/C16H23N5O2S/c1-4-13-18-15(20-19-13)12-8-21(5-6-23-12)14(22)7-11-9-24-16(17-11)10(2)3/h9-10,12H,4-8H2,1-3H3,(H,18,19,20)/t12-/m0/s1. The molecule has 0 spiro atoms. The first-order chi connectivity index (χ1) is 11.6. The molecule has 7 nitrogen and oxygen atoms in total. The van der Waals surface area contributed by atoms with Gasteiger partial charge in [-0.3, -0.25) is 9.89 Å². The Morgan fingerprint density at radius 2 is 2.33 bits per heavy atom. The van der Waals surface area contributed by atoms with Crippen LogP contribution in [-0.4, -0.2) is 50.7 Å². The van der Waals surface area contributed by atoms with Crippen LogP contribution in [0.3, 0.4) is 0 Å². The topological polar surface area (TPSA) is 84.0 Å². The Labute approximate surface area is 145 Å². The number of carbonyl (C=O) groups excluding carboxylic acids is 1. The van der Waals surface area contributed by atoms with Gasteiger partial charge in [0.2, 0.25) is 5.91 Å². The first kappa shape index (κ1) is 17.0. The van der Waals surface area contributed by atoms with Crippen LogP contribution in [0.15, 0.2) is 5.38 Å². The molecule has 2 aromatic rings. The number of amides is 1. The number of hydrogen-bond acceptors (Lipinski definition) is 6. The van der Waals surface area contributed by atoms with Gasteiger partial charge in [-0.2, -0.15) is 5.10 Å². The number of rotatable bonds is 5. The monoisotopic (exact) mass is 349 g/mol. The minimum atomic E-state index is -0.263. The summed E-state index contributed by atoms with van der Waals surface area (Å²) in [6.07, 6.45) is 0.870. The van der Waals surface area contributed by atoms with Crippen molar-refractivity contribution in [2.24, 2.45) is 0 Å². The highest BCUT2D eigenvalue weighted by Crippen LogP contribution is 2.22. The molecule has 0 bridgehead atoms. The summed E-state index contributed by atoms with van der Waals surface area (Å²) < 4.78 is 5.74. The largest absolute Gasteiger partial charge is 0.366 e. The first-order valence-corrected chi connectivity index (χ1v) is 9.19. The zero-order valence-electron chi connectivity index (χ0n) is 14.3. The summed E-state index contributed by atoms with van der Waals surface area (Å²) in [5, 5.41) is 10.2. The molecule has 8 heteroatoms. The van der Waals surface area contributed by atoms with Crippen LogP contribution in [0.2, 0.25) is 0 Å². The van der Waals surface area contributed by atoms with Gasteiger partial charge in [-0.25, -0.2) is 9.97 Å². The lowest BCUT2D eigenvalue weighted by molar-refractivity contribution is -0.138. The molecule has 0 radical (unpaired) electrons. The van der Waals surface area contributed by atoms with E-state index in [2.05, 4.69) is 34.0 Å². The third-order valence-electron chi connectivity index (χ3n) is 3.99. The molecule has 130 valence electrons. The van der Waals surface area contributed by atoms with Gasteiger partial charge < -0.3 is 9.64 Å². The van der Waals surface area contributed by atoms with E-state index in [1.54, 1.807) is 11.3 Å². The molecule has 1 aliphatic heterocycles. The molecule has 2 aromatic heterocycles. The Hall–Kier alpha value is -1.80. The number of thiazole rings is 1. The summed E-state index contributed by atoms with van der Waals surface area (Å²) in [5.41, 5.74) is 0.850. The molecule has 3 heterocycles. The number of carbonyl (C=O) groups is 1. The van der Waals surface area contributed by atoms with Crippen LogP contribution in [0.4, 0.5) is 0 Å². The number of aromatic nitrogens is 4. The Morgan fingerprint density at radius 3 is 3.00 bits per heavy atom. The zero-order chi connectivity index (χ0) is 17.1. The summed E-state index contributed by atoms with van der Waals surface area (Å²) >= 11 is 1.62. The molecule has 0 unspecified atom stereocenters. The Morgan fingerprint density at radius 1 is 1.50 bits per heavy atom. The van der Waals surface area contributed by atoms with Gasteiger partial charge in [0.1, 0.15) is 11.9 Å². The van der Waals surface area contributed by atoms with Crippen molar-refractivity contribution in [3.8, 4) is 0 Å². The van der Waals surface area contributed by atoms with E-state index in [1.807, 2.05) is 17.2 Å². The zero-order valence-corrected chi connectivity index (χ0v) is 15.1. The van der Waals surface area contributed by atoms with Gasteiger partial charge in [-0.1, -0.05) is 20.8 Å². The number of morpholine rings is 1. The second-order valence-electron chi connectivity index (χ2n) is 6.20. The van der Waals surface area contributed by atoms with E-state index in [0.29, 0.717) is 37.9 Å². The second-order valence-corrected chi connectivity index (χ2v) is 7.09. The lowest BCUT2D eigenvalue weighted by atomic mass is 10.2. The number of H-pyrrole nitrogens is 1. The van der Waals surface area contributed by atoms with Crippen molar-refractivity contribution in [2.45, 2.75) is 45.6 Å². The summed E-state index contributed by atoms with van der Waals surface area (Å²) in [6, 6.07) is 0. The molecule has 1 aliphatic rings. The second kappa shape index (κ2) is 7.40. The predicted octanol–water partition coefficient (Wildman–Crippen LogP) is 2.09. The molecule has 1 N–H and O–H groups in total. The van der Waals surface area contributed by atoms with Gasteiger partial charge in [0.25, 0.3) is 0 Å². The van der Waals surface area contributed by atoms with Crippen molar-refractivity contribution >= 4 is 17.2 Å². The van der Waals surface area contributed by atoms with Crippen LogP contribution in [-0.2, 0) is 22.4 Å². The summed E-state index contributed by atoms with van der Waals surface area (Å²) in [4.78, 5) is 23.4. The number of nitrogens with zero attached hydrogens (tertiary/aromatic N) is 4. The average Bonchev–Trinajstić information content (AvgIpc) is 3.24. The molecule has 0 saturated carbocycles. The van der Waals surface area contributed by atoms with E-state index < -0.39 is 0 Å². The van der Waals surface area contributed by atoms with Crippen LogP contribution in [0.25, 0.3) is 0 Å². The van der Waals surface area contributed by atoms with Crippen molar-refractivity contribution in [1.29, 1.82) is 0 Å². The van der Waals surface area contributed by atoms with E-state index in [9.17, 15) is 4.79 Å². The first-order valence-electron chi connectivity index (χ1n) is 8.31. The SMILES string of the molecule is CCc1nc([C@@H]2CN(C(=O)Cc3csc(C(C)C)n3)CCO2)n[nH]1. The van der Waals surface area contributed by atoms with E-state index in [0.717, 1.165) is 22.9 Å². The quantitative estimate of drug-likeness (QED) is 0.893. The number of aryl methyl sites for hydroxylation is 1. The highest BCUT2D eigenvalue weighted by molar-refractivity contribution is 7.09. The van der Waals surface area contributed by atoms with Crippen LogP contribution in [0.1, 0.15) is 55.1 Å². The van der Waals surface area contributed by atoms with Crippen LogP contribution < -0.4 is 0 Å². The maximum atomic E-state index is 12.6. The van der Waals surface area contributed by atoms with Gasteiger partial charge in [0.15, 0.2) is 5.82 Å². The van der Waals surface area contributed by atoms with Gasteiger partial charge in [-0.15, -0.1) is 11.3 Å².